The predicted octanol–water partition coefficient (Wildman–Crippen LogP) is 24.7. The van der Waals surface area contributed by atoms with Gasteiger partial charge in [0.05, 0.1) is 26.4 Å². The first kappa shape index (κ1) is 99.1. The van der Waals surface area contributed by atoms with Crippen LogP contribution in [0.2, 0.25) is 0 Å². The smallest absolute Gasteiger partial charge is 0.462 e. The standard InChI is InChI=1S/C82H160O17P2/c1-7-10-12-14-16-17-18-19-20-21-22-23-24-25-30-33-36-42-48-54-60-66-81(86)99-78(71-93-80(85)65-59-53-47-41-35-32-29-27-26-28-31-34-39-45-50-56-62-74(4)5)73-97-101(90,91)95-69-76(83)68-94-100(88,89)96-72-77(70-92-79(84)64-58-52-44-15-13-11-8-2)98-82(87)67-61-55-49-43-38-37-40-46-51-57-63-75(6)9-3/h74-78,83H,7-73H2,1-6H3,(H,88,89)(H,90,91)/t75?,76-,77+,78+/m0/s1. The van der Waals surface area contributed by atoms with Gasteiger partial charge in [-0.15, -0.1) is 0 Å². The van der Waals surface area contributed by atoms with Crippen molar-refractivity contribution >= 4 is 39.5 Å². The van der Waals surface area contributed by atoms with E-state index < -0.39 is 97.5 Å². The summed E-state index contributed by atoms with van der Waals surface area (Å²) in [6.07, 6.45) is 64.1. The number of unbranched alkanes of at least 4 members (excludes halogenated alkanes) is 50. The molecule has 0 radical (unpaired) electrons. The number of hydrogen-bond donors (Lipinski definition) is 3. The summed E-state index contributed by atoms with van der Waals surface area (Å²) in [5.74, 6) is -0.497. The van der Waals surface area contributed by atoms with Gasteiger partial charge < -0.3 is 33.8 Å². The summed E-state index contributed by atoms with van der Waals surface area (Å²) in [4.78, 5) is 72.9. The highest BCUT2D eigenvalue weighted by atomic mass is 31.2. The Hall–Kier alpha value is -1.94. The number of hydrogen-bond acceptors (Lipinski definition) is 15. The Morgan fingerprint density at radius 2 is 0.505 bits per heavy atom. The van der Waals surface area contributed by atoms with E-state index in [9.17, 15) is 43.2 Å². The number of phosphoric ester groups is 2. The third-order valence-corrected chi connectivity index (χ3v) is 21.5. The third-order valence-electron chi connectivity index (χ3n) is 19.6. The lowest BCUT2D eigenvalue weighted by atomic mass is 9.99. The molecule has 0 amide bonds. The minimum atomic E-state index is -4.96. The van der Waals surface area contributed by atoms with E-state index in [2.05, 4.69) is 41.5 Å². The van der Waals surface area contributed by atoms with Gasteiger partial charge in [0.25, 0.3) is 0 Å². The number of esters is 4. The summed E-state index contributed by atoms with van der Waals surface area (Å²) in [6.45, 7) is 9.65. The van der Waals surface area contributed by atoms with Crippen LogP contribution in [0.15, 0.2) is 0 Å². The van der Waals surface area contributed by atoms with Crippen LogP contribution < -0.4 is 0 Å². The van der Waals surface area contributed by atoms with Crippen molar-refractivity contribution in [2.24, 2.45) is 11.8 Å². The lowest BCUT2D eigenvalue weighted by molar-refractivity contribution is -0.161. The largest absolute Gasteiger partial charge is 0.472 e. The lowest BCUT2D eigenvalue weighted by Gasteiger charge is -2.21. The second kappa shape index (κ2) is 73.6. The fourth-order valence-corrected chi connectivity index (χ4v) is 14.3. The van der Waals surface area contributed by atoms with Gasteiger partial charge in [0.2, 0.25) is 0 Å². The molecule has 0 bridgehead atoms. The number of aliphatic hydroxyl groups is 1. The molecule has 0 aromatic rings. The van der Waals surface area contributed by atoms with E-state index >= 15 is 0 Å². The maximum atomic E-state index is 13.1. The Labute approximate surface area is 619 Å². The summed E-state index contributed by atoms with van der Waals surface area (Å²) < 4.78 is 68.6. The molecule has 0 spiro atoms. The van der Waals surface area contributed by atoms with Crippen LogP contribution in [0.4, 0.5) is 0 Å². The molecule has 0 heterocycles. The summed E-state index contributed by atoms with van der Waals surface area (Å²) in [6, 6.07) is 0. The molecule has 0 saturated carbocycles. The van der Waals surface area contributed by atoms with Gasteiger partial charge in [-0.3, -0.25) is 37.3 Å². The molecular weight excluding hydrogens is 1320 g/mol. The lowest BCUT2D eigenvalue weighted by Crippen LogP contribution is -2.30. The average molecular weight is 1480 g/mol. The van der Waals surface area contributed by atoms with Crippen molar-refractivity contribution in [3.05, 3.63) is 0 Å². The molecule has 0 aliphatic carbocycles. The van der Waals surface area contributed by atoms with Crippen molar-refractivity contribution in [2.75, 3.05) is 39.6 Å². The number of carbonyl (C=O) groups is 4. The molecule has 6 atom stereocenters. The molecule has 0 aromatic heterocycles. The van der Waals surface area contributed by atoms with Crippen LogP contribution in [-0.2, 0) is 65.4 Å². The number of ether oxygens (including phenoxy) is 4. The first-order valence-corrected chi connectivity index (χ1v) is 45.5. The minimum absolute atomic E-state index is 0.106. The molecule has 0 aliphatic rings. The van der Waals surface area contributed by atoms with Gasteiger partial charge in [-0.05, 0) is 37.5 Å². The van der Waals surface area contributed by atoms with Crippen LogP contribution in [0.5, 0.6) is 0 Å². The van der Waals surface area contributed by atoms with Gasteiger partial charge in [-0.25, -0.2) is 9.13 Å². The van der Waals surface area contributed by atoms with E-state index in [4.69, 9.17) is 37.0 Å². The maximum Gasteiger partial charge on any atom is 0.472 e. The van der Waals surface area contributed by atoms with Gasteiger partial charge in [0.15, 0.2) is 12.2 Å². The quantitative estimate of drug-likeness (QED) is 0.0222. The molecule has 0 aliphatic heterocycles. The van der Waals surface area contributed by atoms with Crippen molar-refractivity contribution in [3.8, 4) is 0 Å². The average Bonchev–Trinajstić information content (AvgIpc) is 1.49. The van der Waals surface area contributed by atoms with E-state index in [1.165, 1.54) is 238 Å². The molecule has 3 unspecified atom stereocenters. The molecule has 0 rings (SSSR count). The van der Waals surface area contributed by atoms with E-state index in [1.54, 1.807) is 0 Å². The van der Waals surface area contributed by atoms with Gasteiger partial charge >= 0.3 is 39.5 Å². The van der Waals surface area contributed by atoms with Crippen LogP contribution in [-0.4, -0.2) is 96.7 Å². The minimum Gasteiger partial charge on any atom is -0.462 e. The molecule has 17 nitrogen and oxygen atoms in total. The molecule has 600 valence electrons. The molecule has 19 heteroatoms. The van der Waals surface area contributed by atoms with Crippen LogP contribution in [0.1, 0.15) is 433 Å². The second-order valence-electron chi connectivity index (χ2n) is 30.2. The van der Waals surface area contributed by atoms with Crippen molar-refractivity contribution in [1.29, 1.82) is 0 Å². The summed E-state index contributed by atoms with van der Waals surface area (Å²) in [5.41, 5.74) is 0. The van der Waals surface area contributed by atoms with Crippen LogP contribution in [0, 0.1) is 11.8 Å². The maximum absolute atomic E-state index is 13.1. The number of rotatable bonds is 81. The highest BCUT2D eigenvalue weighted by Gasteiger charge is 2.30. The molecular formula is C82H160O17P2. The SMILES string of the molecule is CCCCCCCCCCCCCCCCCCCCCCCC(=O)O[C@H](COC(=O)CCCCCCCCCCCCCCCCCCC(C)C)COP(=O)(O)OC[C@@H](O)COP(=O)(O)OC[C@@H](COC(=O)CCCCCCCCC)OC(=O)CCCCCCCCCCCCC(C)CC. The van der Waals surface area contributed by atoms with Gasteiger partial charge in [0, 0.05) is 25.7 Å². The van der Waals surface area contributed by atoms with Gasteiger partial charge in [0.1, 0.15) is 19.3 Å². The highest BCUT2D eigenvalue weighted by molar-refractivity contribution is 7.47. The van der Waals surface area contributed by atoms with Crippen molar-refractivity contribution < 1.29 is 80.2 Å². The summed E-state index contributed by atoms with van der Waals surface area (Å²) in [7, 11) is -9.92. The number of phosphoric acid groups is 2. The monoisotopic (exact) mass is 1480 g/mol. The summed E-state index contributed by atoms with van der Waals surface area (Å²) >= 11 is 0. The third kappa shape index (κ3) is 74.7. The van der Waals surface area contributed by atoms with Crippen molar-refractivity contribution in [3.63, 3.8) is 0 Å². The molecule has 0 fully saturated rings. The topological polar surface area (TPSA) is 237 Å². The molecule has 3 N–H and O–H groups in total. The second-order valence-corrected chi connectivity index (χ2v) is 33.1. The van der Waals surface area contributed by atoms with E-state index in [0.717, 1.165) is 115 Å². The number of carbonyl (C=O) groups excluding carboxylic acids is 4. The first-order chi connectivity index (χ1) is 48.9. The van der Waals surface area contributed by atoms with Crippen molar-refractivity contribution in [2.45, 2.75) is 452 Å². The van der Waals surface area contributed by atoms with Crippen molar-refractivity contribution in [1.82, 2.24) is 0 Å². The molecule has 0 saturated heterocycles. The van der Waals surface area contributed by atoms with E-state index in [-0.39, 0.29) is 25.7 Å². The zero-order valence-corrected chi connectivity index (χ0v) is 68.0. The zero-order valence-electron chi connectivity index (χ0n) is 66.2. The van der Waals surface area contributed by atoms with E-state index in [1.807, 2.05) is 0 Å². The Morgan fingerprint density at radius 3 is 0.752 bits per heavy atom. The highest BCUT2D eigenvalue weighted by Crippen LogP contribution is 2.45. The Morgan fingerprint density at radius 1 is 0.287 bits per heavy atom. The Bertz CT molecular complexity index is 1940. The first-order valence-electron chi connectivity index (χ1n) is 42.5. The van der Waals surface area contributed by atoms with E-state index in [0.29, 0.717) is 25.7 Å². The fourth-order valence-electron chi connectivity index (χ4n) is 12.7. The van der Waals surface area contributed by atoms with Gasteiger partial charge in [-0.1, -0.05) is 382 Å². The van der Waals surface area contributed by atoms with Crippen LogP contribution in [0.25, 0.3) is 0 Å². The van der Waals surface area contributed by atoms with Crippen LogP contribution in [0.3, 0.4) is 0 Å². The molecule has 101 heavy (non-hydrogen) atoms. The fraction of sp³-hybridized carbons (Fsp3) is 0.951. The number of aliphatic hydroxyl groups excluding tert-OH is 1. The predicted molar refractivity (Wildman–Crippen MR) is 414 cm³/mol. The molecule has 0 aromatic carbocycles. The Kier molecular flexibility index (Phi) is 72.2. The zero-order chi connectivity index (χ0) is 74.2. The van der Waals surface area contributed by atoms with Crippen LogP contribution >= 0.6 is 15.6 Å². The van der Waals surface area contributed by atoms with Gasteiger partial charge in [-0.2, -0.15) is 0 Å². The Balaban J connectivity index is 5.17. The summed E-state index contributed by atoms with van der Waals surface area (Å²) in [5, 5.41) is 10.6. The normalized spacial score (nSPS) is 14.2.